The summed E-state index contributed by atoms with van der Waals surface area (Å²) in [6.45, 7) is 5.83. The van der Waals surface area contributed by atoms with Crippen LogP contribution in [0.1, 0.15) is 31.7 Å². The Morgan fingerprint density at radius 1 is 1.21 bits per heavy atom. The molecule has 0 amide bonds. The average Bonchev–Trinajstić information content (AvgIpc) is 3.23. The Morgan fingerprint density at radius 3 is 2.88 bits per heavy atom. The Bertz CT molecular complexity index is 1310. The highest BCUT2D eigenvalue weighted by Crippen LogP contribution is 2.35. The van der Waals surface area contributed by atoms with E-state index in [1.165, 1.54) is 15.6 Å². The third-order valence-electron chi connectivity index (χ3n) is 6.12. The largest absolute Gasteiger partial charge is 0.289 e. The molecule has 2 aromatic rings. The minimum atomic E-state index is -0.0719. The van der Waals surface area contributed by atoms with Gasteiger partial charge in [0, 0.05) is 15.7 Å². The first kappa shape index (κ1) is 22.8. The molecule has 0 saturated heterocycles. The van der Waals surface area contributed by atoms with E-state index >= 15 is 0 Å². The number of benzene rings is 1. The summed E-state index contributed by atoms with van der Waals surface area (Å²) in [5, 5.41) is 3.57. The van der Waals surface area contributed by atoms with Crippen molar-refractivity contribution in [1.29, 1.82) is 0 Å². The van der Waals surface area contributed by atoms with E-state index in [0.717, 1.165) is 42.4 Å². The Kier molecular flexibility index (Phi) is 7.23. The highest BCUT2D eigenvalue weighted by molar-refractivity contribution is 7.17. The number of allylic oxidation sites excluding steroid dienone is 13. The van der Waals surface area contributed by atoms with E-state index in [0.29, 0.717) is 0 Å². The first-order chi connectivity index (χ1) is 16.1. The summed E-state index contributed by atoms with van der Waals surface area (Å²) in [4.78, 5) is 13.1. The summed E-state index contributed by atoms with van der Waals surface area (Å²) >= 11 is 1.79. The SMILES string of the molecule is C=CC#CC1(C)CC=C(C(=O)C2=C/C=C/C=C(\C=C\Cc3csc4ccccc34)C=C2)CC1. The Morgan fingerprint density at radius 2 is 2.06 bits per heavy atom. The molecule has 0 fully saturated rings. The van der Waals surface area contributed by atoms with Gasteiger partial charge in [-0.1, -0.05) is 91.3 Å². The third-order valence-corrected chi connectivity index (χ3v) is 7.13. The molecule has 2 aliphatic carbocycles. The summed E-state index contributed by atoms with van der Waals surface area (Å²) in [6, 6.07) is 8.53. The number of Topliss-reactive ketones (excluding diaryl/α,β-unsaturated/α-hetero) is 1. The van der Waals surface area contributed by atoms with Gasteiger partial charge in [-0.25, -0.2) is 0 Å². The van der Waals surface area contributed by atoms with Crippen LogP contribution in [0, 0.1) is 17.3 Å². The molecule has 0 aliphatic heterocycles. The maximum absolute atomic E-state index is 13.1. The van der Waals surface area contributed by atoms with E-state index in [2.05, 4.69) is 79.3 Å². The minimum absolute atomic E-state index is 0.0719. The summed E-state index contributed by atoms with van der Waals surface area (Å²) in [7, 11) is 0. The van der Waals surface area contributed by atoms with Crippen molar-refractivity contribution in [3.63, 3.8) is 0 Å². The van der Waals surface area contributed by atoms with Gasteiger partial charge in [0.15, 0.2) is 5.78 Å². The summed E-state index contributed by atoms with van der Waals surface area (Å²) in [5.74, 6) is 6.36. The van der Waals surface area contributed by atoms with Crippen molar-refractivity contribution in [3.8, 4) is 11.8 Å². The predicted octanol–water partition coefficient (Wildman–Crippen LogP) is 7.85. The van der Waals surface area contributed by atoms with Crippen LogP contribution in [-0.4, -0.2) is 5.78 Å². The van der Waals surface area contributed by atoms with Gasteiger partial charge in [-0.3, -0.25) is 4.79 Å². The van der Waals surface area contributed by atoms with Crippen molar-refractivity contribution in [2.45, 2.75) is 32.6 Å². The molecule has 164 valence electrons. The van der Waals surface area contributed by atoms with Crippen LogP contribution >= 0.6 is 11.3 Å². The van der Waals surface area contributed by atoms with Crippen LogP contribution in [0.3, 0.4) is 0 Å². The molecule has 0 N–H and O–H groups in total. The number of fused-ring (bicyclic) bond motifs is 1. The lowest BCUT2D eigenvalue weighted by molar-refractivity contribution is -0.112. The maximum Gasteiger partial charge on any atom is 0.188 e. The average molecular weight is 449 g/mol. The summed E-state index contributed by atoms with van der Waals surface area (Å²) in [5.41, 5.74) is 3.97. The number of rotatable bonds is 5. The number of ketones is 1. The minimum Gasteiger partial charge on any atom is -0.289 e. The van der Waals surface area contributed by atoms with Crippen LogP contribution in [0.4, 0.5) is 0 Å². The molecule has 1 heterocycles. The first-order valence-electron chi connectivity index (χ1n) is 11.3. The van der Waals surface area contributed by atoms with Crippen LogP contribution in [0.5, 0.6) is 0 Å². The van der Waals surface area contributed by atoms with Gasteiger partial charge in [-0.15, -0.1) is 11.3 Å². The molecule has 1 aromatic carbocycles. The van der Waals surface area contributed by atoms with Crippen molar-refractivity contribution < 1.29 is 4.79 Å². The highest BCUT2D eigenvalue weighted by Gasteiger charge is 2.27. The number of hydrogen-bond acceptors (Lipinski definition) is 2. The summed E-state index contributed by atoms with van der Waals surface area (Å²) < 4.78 is 1.33. The van der Waals surface area contributed by atoms with E-state index in [1.807, 2.05) is 30.4 Å². The lowest BCUT2D eigenvalue weighted by atomic mass is 9.75. The number of carbonyl (C=O) groups is 1. The van der Waals surface area contributed by atoms with Gasteiger partial charge in [0.2, 0.25) is 0 Å². The standard InChI is InChI=1S/C31H28OS/c1-3-4-20-31(2)21-18-26(19-22-31)30(32)25-12-6-5-10-24(16-17-25)11-9-13-27-23-33-29-15-8-7-14-28(27)29/h3,5-12,14-18,23H,1,13,19,21-22H2,2H3/b6-5+,10-5?,11-9+,12-6?,17-16?,24-10+,24-16?,25-12?,25-17?. The molecular weight excluding hydrogens is 420 g/mol. The van der Waals surface area contributed by atoms with Crippen molar-refractivity contribution >= 4 is 27.2 Å². The monoisotopic (exact) mass is 448 g/mol. The van der Waals surface area contributed by atoms with Gasteiger partial charge in [0.25, 0.3) is 0 Å². The number of carbonyl (C=O) groups excluding carboxylic acids is 1. The molecule has 1 nitrogen and oxygen atoms in total. The smallest absolute Gasteiger partial charge is 0.188 e. The van der Waals surface area contributed by atoms with E-state index in [4.69, 9.17) is 0 Å². The Balaban J connectivity index is 1.42. The zero-order valence-electron chi connectivity index (χ0n) is 19.0. The molecule has 0 saturated carbocycles. The topological polar surface area (TPSA) is 17.1 Å². The molecule has 0 radical (unpaired) electrons. The van der Waals surface area contributed by atoms with Crippen molar-refractivity contribution in [2.24, 2.45) is 5.41 Å². The second-order valence-corrected chi connectivity index (χ2v) is 9.58. The summed E-state index contributed by atoms with van der Waals surface area (Å²) in [6.07, 6.45) is 23.2. The second-order valence-electron chi connectivity index (χ2n) is 8.67. The number of thiophene rings is 1. The Hall–Kier alpha value is -3.41. The molecule has 33 heavy (non-hydrogen) atoms. The van der Waals surface area contributed by atoms with Crippen molar-refractivity contribution in [2.75, 3.05) is 0 Å². The van der Waals surface area contributed by atoms with Gasteiger partial charge in [0.05, 0.1) is 0 Å². The van der Waals surface area contributed by atoms with Gasteiger partial charge in [0.1, 0.15) is 0 Å². The molecule has 2 aliphatic rings. The lowest BCUT2D eigenvalue weighted by Gasteiger charge is -2.27. The molecular formula is C31H28OS. The molecule has 1 unspecified atom stereocenters. The van der Waals surface area contributed by atoms with Gasteiger partial charge in [-0.2, -0.15) is 0 Å². The van der Waals surface area contributed by atoms with Crippen molar-refractivity contribution in [3.05, 3.63) is 119 Å². The quantitative estimate of drug-likeness (QED) is 0.426. The fraction of sp³-hybridized carbons (Fsp3) is 0.194. The lowest BCUT2D eigenvalue weighted by Crippen LogP contribution is -2.20. The first-order valence-corrected chi connectivity index (χ1v) is 12.2. The third kappa shape index (κ3) is 5.69. The normalized spacial score (nSPS) is 22.9. The van der Waals surface area contributed by atoms with E-state index in [-0.39, 0.29) is 11.2 Å². The number of hydrogen-bond donors (Lipinski definition) is 0. The molecule has 0 bridgehead atoms. The molecule has 2 heteroatoms. The van der Waals surface area contributed by atoms with Crippen LogP contribution in [-0.2, 0) is 11.2 Å². The predicted molar refractivity (Wildman–Crippen MR) is 142 cm³/mol. The van der Waals surface area contributed by atoms with E-state index in [1.54, 1.807) is 17.4 Å². The van der Waals surface area contributed by atoms with Crippen molar-refractivity contribution in [1.82, 2.24) is 0 Å². The van der Waals surface area contributed by atoms with Gasteiger partial charge >= 0.3 is 0 Å². The maximum atomic E-state index is 13.1. The molecule has 1 atom stereocenters. The molecule has 0 spiro atoms. The van der Waals surface area contributed by atoms with Crippen LogP contribution in [0.15, 0.2) is 114 Å². The van der Waals surface area contributed by atoms with Gasteiger partial charge < -0.3 is 0 Å². The van der Waals surface area contributed by atoms with Crippen LogP contribution < -0.4 is 0 Å². The highest BCUT2D eigenvalue weighted by atomic mass is 32.1. The van der Waals surface area contributed by atoms with Gasteiger partial charge in [-0.05, 0) is 72.2 Å². The fourth-order valence-corrected chi connectivity index (χ4v) is 5.07. The molecule has 4 rings (SSSR count). The Labute approximate surface area is 200 Å². The van der Waals surface area contributed by atoms with Crippen LogP contribution in [0.2, 0.25) is 0 Å². The zero-order valence-corrected chi connectivity index (χ0v) is 19.8. The zero-order chi connectivity index (χ0) is 23.1. The molecule has 1 aromatic heterocycles. The van der Waals surface area contributed by atoms with E-state index in [9.17, 15) is 4.79 Å². The van der Waals surface area contributed by atoms with Crippen LogP contribution in [0.25, 0.3) is 10.1 Å². The fourth-order valence-electron chi connectivity index (χ4n) is 4.09. The second kappa shape index (κ2) is 10.5. The van der Waals surface area contributed by atoms with E-state index < -0.39 is 0 Å².